The lowest BCUT2D eigenvalue weighted by Crippen LogP contribution is -2.53. The highest BCUT2D eigenvalue weighted by Crippen LogP contribution is 2.39. The van der Waals surface area contributed by atoms with Crippen LogP contribution in [0.3, 0.4) is 0 Å². The lowest BCUT2D eigenvalue weighted by Gasteiger charge is -2.40. The SMILES string of the molecule is Cc1cccc(C)c1C1CCN(Cc2c(C(=O)N3CCN(C4CCCCC4)CC3)n(OC(=O)C(F)(F)F)c3cccc(OC(=O)C(F)(F)F)c23)CC1. The molecule has 2 saturated heterocycles. The molecular formula is C37H42F6N4O5. The van der Waals surface area contributed by atoms with E-state index in [1.54, 1.807) is 0 Å². The maximum absolute atomic E-state index is 14.5. The lowest BCUT2D eigenvalue weighted by atomic mass is 9.84. The molecule has 3 fully saturated rings. The first kappa shape index (κ1) is 37.6. The smallest absolute Gasteiger partial charge is 0.419 e. The summed E-state index contributed by atoms with van der Waals surface area (Å²) in [6, 6.07) is 9.87. The first-order valence-corrected chi connectivity index (χ1v) is 17.7. The van der Waals surface area contributed by atoms with Crippen LogP contribution in [0, 0.1) is 13.8 Å². The van der Waals surface area contributed by atoms with Crippen LogP contribution in [0.2, 0.25) is 0 Å². The van der Waals surface area contributed by atoms with Crippen molar-refractivity contribution in [3.05, 3.63) is 64.3 Å². The number of halogens is 6. The molecule has 15 heteroatoms. The van der Waals surface area contributed by atoms with Crippen molar-refractivity contribution >= 4 is 28.7 Å². The molecule has 2 aliphatic heterocycles. The Hall–Kier alpha value is -4.11. The minimum Gasteiger partial charge on any atom is -0.419 e. The molecular weight excluding hydrogens is 694 g/mol. The number of fused-ring (bicyclic) bond motifs is 1. The Morgan fingerprint density at radius 2 is 1.35 bits per heavy atom. The van der Waals surface area contributed by atoms with Gasteiger partial charge in [0.15, 0.2) is 5.69 Å². The van der Waals surface area contributed by atoms with Crippen molar-refractivity contribution in [3.63, 3.8) is 0 Å². The van der Waals surface area contributed by atoms with Crippen molar-refractivity contribution in [2.45, 2.75) is 89.7 Å². The molecule has 52 heavy (non-hydrogen) atoms. The van der Waals surface area contributed by atoms with Gasteiger partial charge in [0, 0.05) is 44.3 Å². The third kappa shape index (κ3) is 7.94. The maximum atomic E-state index is 14.5. The third-order valence-electron chi connectivity index (χ3n) is 10.7. The number of rotatable bonds is 7. The van der Waals surface area contributed by atoms with Gasteiger partial charge >= 0.3 is 24.3 Å². The number of amides is 1. The van der Waals surface area contributed by atoms with Crippen LogP contribution in [-0.2, 0) is 16.1 Å². The molecule has 0 spiro atoms. The van der Waals surface area contributed by atoms with Gasteiger partial charge < -0.3 is 14.5 Å². The van der Waals surface area contributed by atoms with Crippen LogP contribution in [0.15, 0.2) is 36.4 Å². The van der Waals surface area contributed by atoms with Gasteiger partial charge in [-0.2, -0.15) is 31.1 Å². The monoisotopic (exact) mass is 736 g/mol. The Bertz CT molecular complexity index is 1780. The van der Waals surface area contributed by atoms with Crippen molar-refractivity contribution < 1.29 is 50.3 Å². The fraction of sp³-hybridized carbons (Fsp3) is 0.541. The zero-order valence-electron chi connectivity index (χ0n) is 29.1. The number of ether oxygens (including phenoxy) is 1. The molecule has 1 amide bonds. The standard InChI is InChI=1S/C37H42F6N4O5/c1-23-8-6-9-24(2)30(23)25-14-16-44(17-15-25)22-27-31-28(12-7-13-29(31)51-34(49)36(38,39)40)47(52-35(50)37(41,42)43)32(27)33(48)46-20-18-45(19-21-46)26-10-4-3-5-11-26/h6-9,12-13,25-26H,3-5,10-11,14-22H2,1-2H3. The minimum atomic E-state index is -5.46. The van der Waals surface area contributed by atoms with Gasteiger partial charge in [0.2, 0.25) is 0 Å². The molecule has 1 aliphatic carbocycles. The number of benzene rings is 2. The van der Waals surface area contributed by atoms with E-state index in [9.17, 15) is 40.7 Å². The molecule has 282 valence electrons. The Labute approximate surface area is 297 Å². The highest BCUT2D eigenvalue weighted by atomic mass is 19.4. The first-order valence-electron chi connectivity index (χ1n) is 17.7. The second-order valence-electron chi connectivity index (χ2n) is 14.0. The summed E-state index contributed by atoms with van der Waals surface area (Å²) >= 11 is 0. The van der Waals surface area contributed by atoms with Gasteiger partial charge in [0.25, 0.3) is 5.91 Å². The molecule has 3 aliphatic rings. The summed E-state index contributed by atoms with van der Waals surface area (Å²) in [5.74, 6) is -6.33. The second-order valence-corrected chi connectivity index (χ2v) is 14.0. The quantitative estimate of drug-likeness (QED) is 0.152. The second kappa shape index (κ2) is 15.1. The molecule has 1 saturated carbocycles. The number of hydrogen-bond acceptors (Lipinski definition) is 7. The van der Waals surface area contributed by atoms with E-state index in [0.717, 1.165) is 48.9 Å². The van der Waals surface area contributed by atoms with Crippen LogP contribution < -0.4 is 9.57 Å². The summed E-state index contributed by atoms with van der Waals surface area (Å²) in [6.45, 7) is 6.49. The molecule has 6 rings (SSSR count). The predicted octanol–water partition coefficient (Wildman–Crippen LogP) is 6.71. The Balaban J connectivity index is 1.39. The van der Waals surface area contributed by atoms with E-state index in [1.807, 2.05) is 36.9 Å². The molecule has 0 N–H and O–H groups in total. The number of aromatic nitrogens is 1. The largest absolute Gasteiger partial charge is 0.493 e. The van der Waals surface area contributed by atoms with E-state index in [0.29, 0.717) is 49.8 Å². The number of aryl methyl sites for hydroxylation is 2. The molecule has 3 aromatic rings. The van der Waals surface area contributed by atoms with Crippen molar-refractivity contribution in [3.8, 4) is 5.75 Å². The van der Waals surface area contributed by atoms with Gasteiger partial charge in [-0.3, -0.25) is 14.6 Å². The first-order chi connectivity index (χ1) is 24.6. The van der Waals surface area contributed by atoms with Crippen LogP contribution in [0.5, 0.6) is 5.75 Å². The zero-order chi connectivity index (χ0) is 37.4. The van der Waals surface area contributed by atoms with E-state index in [4.69, 9.17) is 9.57 Å². The average Bonchev–Trinajstić information content (AvgIpc) is 3.41. The number of likely N-dealkylation sites (tertiary alicyclic amines) is 1. The molecule has 3 heterocycles. The Kier molecular flexibility index (Phi) is 10.9. The number of esters is 1. The summed E-state index contributed by atoms with van der Waals surface area (Å²) in [4.78, 5) is 49.5. The van der Waals surface area contributed by atoms with Gasteiger partial charge in [0.05, 0.1) is 10.9 Å². The normalized spacial score (nSPS) is 18.9. The third-order valence-corrected chi connectivity index (χ3v) is 10.7. The van der Waals surface area contributed by atoms with Gasteiger partial charge in [-0.25, -0.2) is 9.59 Å². The van der Waals surface area contributed by atoms with Crippen LogP contribution in [0.4, 0.5) is 26.3 Å². The number of hydrogen-bond donors (Lipinski definition) is 0. The van der Waals surface area contributed by atoms with Gasteiger partial charge in [-0.05, 0) is 87.4 Å². The van der Waals surface area contributed by atoms with Crippen molar-refractivity contribution in [2.75, 3.05) is 39.3 Å². The van der Waals surface area contributed by atoms with Gasteiger partial charge in [-0.15, -0.1) is 0 Å². The van der Waals surface area contributed by atoms with Gasteiger partial charge in [-0.1, -0.05) is 43.5 Å². The van der Waals surface area contributed by atoms with Crippen LogP contribution >= 0.6 is 0 Å². The molecule has 9 nitrogen and oxygen atoms in total. The molecule has 0 radical (unpaired) electrons. The van der Waals surface area contributed by atoms with E-state index >= 15 is 0 Å². The molecule has 0 unspecified atom stereocenters. The number of piperidine rings is 1. The summed E-state index contributed by atoms with van der Waals surface area (Å²) in [7, 11) is 0. The number of carbonyl (C=O) groups excluding carboxylic acids is 3. The Morgan fingerprint density at radius 3 is 1.94 bits per heavy atom. The van der Waals surface area contributed by atoms with E-state index in [1.165, 1.54) is 23.0 Å². The predicted molar refractivity (Wildman–Crippen MR) is 179 cm³/mol. The van der Waals surface area contributed by atoms with Crippen molar-refractivity contribution in [1.29, 1.82) is 0 Å². The summed E-state index contributed by atoms with van der Waals surface area (Å²) in [5, 5.41) is -0.226. The minimum absolute atomic E-state index is 0.000723. The van der Waals surface area contributed by atoms with E-state index in [-0.39, 0.29) is 42.0 Å². The molecule has 2 aromatic carbocycles. The van der Waals surface area contributed by atoms with Crippen LogP contribution in [0.1, 0.15) is 83.6 Å². The number of piperazine rings is 1. The zero-order valence-corrected chi connectivity index (χ0v) is 29.1. The lowest BCUT2D eigenvalue weighted by molar-refractivity contribution is -0.199. The maximum Gasteiger partial charge on any atom is 0.493 e. The molecule has 0 bridgehead atoms. The van der Waals surface area contributed by atoms with Crippen molar-refractivity contribution in [1.82, 2.24) is 19.4 Å². The number of alkyl halides is 6. The average molecular weight is 737 g/mol. The summed E-state index contributed by atoms with van der Waals surface area (Å²) in [6.07, 6.45) is -3.97. The topological polar surface area (TPSA) is 84.3 Å². The van der Waals surface area contributed by atoms with Gasteiger partial charge in [0.1, 0.15) is 5.75 Å². The molecule has 1 aromatic heterocycles. The van der Waals surface area contributed by atoms with E-state index in [2.05, 4.69) is 4.90 Å². The fourth-order valence-electron chi connectivity index (χ4n) is 8.16. The number of nitrogens with zero attached hydrogens (tertiary/aromatic N) is 4. The molecule has 0 atom stereocenters. The van der Waals surface area contributed by atoms with Crippen LogP contribution in [0.25, 0.3) is 10.9 Å². The summed E-state index contributed by atoms with van der Waals surface area (Å²) in [5.41, 5.74) is 2.78. The summed E-state index contributed by atoms with van der Waals surface area (Å²) < 4.78 is 86.4. The highest BCUT2D eigenvalue weighted by Gasteiger charge is 2.45. The van der Waals surface area contributed by atoms with Crippen LogP contribution in [-0.4, -0.2) is 94.9 Å². The highest BCUT2D eigenvalue weighted by molar-refractivity contribution is 6.04. The van der Waals surface area contributed by atoms with E-state index < -0.39 is 41.6 Å². The fourth-order valence-corrected chi connectivity index (χ4v) is 8.16. The number of carbonyl (C=O) groups is 3. The Morgan fingerprint density at radius 1 is 0.750 bits per heavy atom. The van der Waals surface area contributed by atoms with Crippen molar-refractivity contribution in [2.24, 2.45) is 0 Å².